The van der Waals surface area contributed by atoms with Gasteiger partial charge in [0.25, 0.3) is 0 Å². The summed E-state index contributed by atoms with van der Waals surface area (Å²) in [6, 6.07) is 4.20. The highest BCUT2D eigenvalue weighted by Crippen LogP contribution is 2.28. The molecular formula is C11H5BrFNO5. The molecule has 0 spiro atoms. The Morgan fingerprint density at radius 3 is 2.47 bits per heavy atom. The van der Waals surface area contributed by atoms with Crippen molar-refractivity contribution in [3.8, 4) is 11.5 Å². The van der Waals surface area contributed by atoms with Gasteiger partial charge in [0.05, 0.1) is 10.0 Å². The molecule has 2 N–H and O–H groups in total. The fourth-order valence-electron chi connectivity index (χ4n) is 1.39. The Labute approximate surface area is 113 Å². The van der Waals surface area contributed by atoms with E-state index < -0.39 is 35.1 Å². The van der Waals surface area contributed by atoms with Gasteiger partial charge in [-0.05, 0) is 28.1 Å². The van der Waals surface area contributed by atoms with Crippen LogP contribution in [0, 0.1) is 5.82 Å². The second-order valence-electron chi connectivity index (χ2n) is 3.41. The van der Waals surface area contributed by atoms with Crippen LogP contribution in [0.15, 0.2) is 27.1 Å². The van der Waals surface area contributed by atoms with Crippen molar-refractivity contribution in [2.45, 2.75) is 0 Å². The molecule has 8 heteroatoms. The average molecular weight is 330 g/mol. The van der Waals surface area contributed by atoms with Crippen LogP contribution in [0.2, 0.25) is 0 Å². The minimum absolute atomic E-state index is 0.122. The minimum Gasteiger partial charge on any atom is -0.476 e. The van der Waals surface area contributed by atoms with Crippen molar-refractivity contribution in [3.63, 3.8) is 0 Å². The molecule has 19 heavy (non-hydrogen) atoms. The minimum atomic E-state index is -1.59. The van der Waals surface area contributed by atoms with E-state index in [0.29, 0.717) is 0 Å². The predicted molar refractivity (Wildman–Crippen MR) is 63.5 cm³/mol. The number of carbonyl (C=O) groups is 2. The molecule has 0 aliphatic rings. The fraction of sp³-hybridized carbons (Fsp3) is 0. The number of benzene rings is 1. The van der Waals surface area contributed by atoms with Gasteiger partial charge in [0, 0.05) is 0 Å². The molecular weight excluding hydrogens is 325 g/mol. The zero-order valence-corrected chi connectivity index (χ0v) is 10.6. The smallest absolute Gasteiger partial charge is 0.374 e. The molecule has 0 unspecified atom stereocenters. The quantitative estimate of drug-likeness (QED) is 0.897. The number of hydrogen-bond acceptors (Lipinski definition) is 4. The Balaban J connectivity index is 2.64. The van der Waals surface area contributed by atoms with Gasteiger partial charge in [-0.25, -0.2) is 19.0 Å². The molecule has 0 amide bonds. The lowest BCUT2D eigenvalue weighted by Gasteiger charge is -1.99. The number of aromatic nitrogens is 1. The summed E-state index contributed by atoms with van der Waals surface area (Å²) in [6.07, 6.45) is 0. The number of nitrogens with zero attached hydrogens (tertiary/aromatic N) is 1. The van der Waals surface area contributed by atoms with E-state index in [-0.39, 0.29) is 10.0 Å². The molecule has 0 aliphatic heterocycles. The standard InChI is InChI=1S/C11H5BrFNO5/c12-5-3-1-2-4(6(5)13)9-14-7(10(15)16)8(19-9)11(17)18/h1-3H,(H,15,16)(H,17,18). The summed E-state index contributed by atoms with van der Waals surface area (Å²) in [4.78, 5) is 25.2. The maximum Gasteiger partial charge on any atom is 0.374 e. The molecule has 0 atom stereocenters. The average Bonchev–Trinajstić information content (AvgIpc) is 2.77. The molecule has 2 aromatic rings. The Kier molecular flexibility index (Phi) is 3.34. The number of halogens is 2. The van der Waals surface area contributed by atoms with Crippen LogP contribution >= 0.6 is 15.9 Å². The Hall–Kier alpha value is -2.22. The van der Waals surface area contributed by atoms with E-state index in [0.717, 1.165) is 0 Å². The van der Waals surface area contributed by atoms with E-state index in [1.807, 2.05) is 0 Å². The second kappa shape index (κ2) is 4.81. The molecule has 0 saturated heterocycles. The summed E-state index contributed by atoms with van der Waals surface area (Å²) in [5, 5.41) is 17.6. The van der Waals surface area contributed by atoms with Gasteiger partial charge < -0.3 is 14.6 Å². The summed E-state index contributed by atoms with van der Waals surface area (Å²) in [6.45, 7) is 0. The van der Waals surface area contributed by atoms with Gasteiger partial charge in [0.2, 0.25) is 17.3 Å². The number of rotatable bonds is 3. The number of carboxylic acid groups (broad SMARTS) is 2. The first-order valence-electron chi connectivity index (χ1n) is 4.83. The first kappa shape index (κ1) is 13.2. The molecule has 0 fully saturated rings. The number of oxazole rings is 1. The maximum absolute atomic E-state index is 13.8. The Morgan fingerprint density at radius 2 is 1.95 bits per heavy atom. The van der Waals surface area contributed by atoms with Gasteiger partial charge in [-0.2, -0.15) is 0 Å². The fourth-order valence-corrected chi connectivity index (χ4v) is 1.76. The van der Waals surface area contributed by atoms with Crippen LogP contribution in [-0.2, 0) is 0 Å². The summed E-state index contributed by atoms with van der Waals surface area (Å²) in [5.74, 6) is -5.14. The normalized spacial score (nSPS) is 10.4. The molecule has 1 heterocycles. The van der Waals surface area contributed by atoms with Crippen LogP contribution < -0.4 is 0 Å². The van der Waals surface area contributed by atoms with E-state index in [4.69, 9.17) is 14.6 Å². The molecule has 1 aromatic carbocycles. The van der Waals surface area contributed by atoms with Crippen molar-refractivity contribution < 1.29 is 28.6 Å². The number of aromatic carboxylic acids is 2. The molecule has 98 valence electrons. The van der Waals surface area contributed by atoms with Crippen molar-refractivity contribution >= 4 is 27.9 Å². The van der Waals surface area contributed by atoms with Crippen molar-refractivity contribution in [2.75, 3.05) is 0 Å². The zero-order chi connectivity index (χ0) is 14.2. The highest BCUT2D eigenvalue weighted by atomic mass is 79.9. The van der Waals surface area contributed by atoms with Crippen LogP contribution in [0.1, 0.15) is 21.0 Å². The maximum atomic E-state index is 13.8. The van der Waals surface area contributed by atoms with Crippen molar-refractivity contribution in [1.82, 2.24) is 4.98 Å². The van der Waals surface area contributed by atoms with E-state index in [9.17, 15) is 14.0 Å². The topological polar surface area (TPSA) is 101 Å². The van der Waals surface area contributed by atoms with E-state index in [1.54, 1.807) is 0 Å². The number of carboxylic acids is 2. The molecule has 6 nitrogen and oxygen atoms in total. The van der Waals surface area contributed by atoms with Gasteiger partial charge in [-0.15, -0.1) is 0 Å². The third-order valence-corrected chi connectivity index (χ3v) is 2.82. The van der Waals surface area contributed by atoms with Gasteiger partial charge in [0.1, 0.15) is 5.82 Å². The molecule has 0 saturated carbocycles. The van der Waals surface area contributed by atoms with Gasteiger partial charge >= 0.3 is 11.9 Å². The summed E-state index contributed by atoms with van der Waals surface area (Å²) >= 11 is 2.95. The second-order valence-corrected chi connectivity index (χ2v) is 4.26. The lowest BCUT2D eigenvalue weighted by molar-refractivity contribution is 0.0624. The van der Waals surface area contributed by atoms with Crippen LogP contribution in [0.4, 0.5) is 4.39 Å². The lowest BCUT2D eigenvalue weighted by Crippen LogP contribution is -2.05. The van der Waals surface area contributed by atoms with Gasteiger partial charge in [0.15, 0.2) is 0 Å². The third kappa shape index (κ3) is 2.34. The van der Waals surface area contributed by atoms with Crippen LogP contribution in [-0.4, -0.2) is 27.1 Å². The number of hydrogen-bond donors (Lipinski definition) is 2. The van der Waals surface area contributed by atoms with E-state index in [1.165, 1.54) is 18.2 Å². The first-order chi connectivity index (χ1) is 8.91. The largest absolute Gasteiger partial charge is 0.476 e. The van der Waals surface area contributed by atoms with Crippen molar-refractivity contribution in [2.24, 2.45) is 0 Å². The van der Waals surface area contributed by atoms with Crippen molar-refractivity contribution in [1.29, 1.82) is 0 Å². The summed E-state index contributed by atoms with van der Waals surface area (Å²) in [5.41, 5.74) is -0.911. The highest BCUT2D eigenvalue weighted by Gasteiger charge is 2.26. The molecule has 1 aromatic heterocycles. The molecule has 0 aliphatic carbocycles. The van der Waals surface area contributed by atoms with Gasteiger partial charge in [-0.1, -0.05) is 6.07 Å². The van der Waals surface area contributed by atoms with Crippen LogP contribution in [0.25, 0.3) is 11.5 Å². The highest BCUT2D eigenvalue weighted by molar-refractivity contribution is 9.10. The van der Waals surface area contributed by atoms with Crippen LogP contribution in [0.5, 0.6) is 0 Å². The Bertz CT molecular complexity index is 650. The van der Waals surface area contributed by atoms with E-state index in [2.05, 4.69) is 20.9 Å². The zero-order valence-electron chi connectivity index (χ0n) is 9.05. The lowest BCUT2D eigenvalue weighted by atomic mass is 10.2. The summed E-state index contributed by atoms with van der Waals surface area (Å²) < 4.78 is 18.7. The summed E-state index contributed by atoms with van der Waals surface area (Å²) in [7, 11) is 0. The van der Waals surface area contributed by atoms with Crippen LogP contribution in [0.3, 0.4) is 0 Å². The third-order valence-electron chi connectivity index (χ3n) is 2.21. The monoisotopic (exact) mass is 329 g/mol. The van der Waals surface area contributed by atoms with Gasteiger partial charge in [-0.3, -0.25) is 0 Å². The molecule has 0 bridgehead atoms. The predicted octanol–water partition coefficient (Wildman–Crippen LogP) is 2.64. The van der Waals surface area contributed by atoms with E-state index >= 15 is 0 Å². The molecule has 0 radical (unpaired) electrons. The van der Waals surface area contributed by atoms with Crippen molar-refractivity contribution in [3.05, 3.63) is 39.9 Å². The molecule has 2 rings (SSSR count). The SMILES string of the molecule is O=C(O)c1nc(-c2cccc(Br)c2F)oc1C(=O)O. The first-order valence-corrected chi connectivity index (χ1v) is 5.63. The Morgan fingerprint density at radius 1 is 1.26 bits per heavy atom.